The number of hydrogen-bond donors (Lipinski definition) is 2. The number of aliphatic hydroxyl groups is 1. The number of fused-ring (bicyclic) bond motifs is 1. The fourth-order valence-corrected chi connectivity index (χ4v) is 8.97. The number of carboxylic acid groups (broad SMARTS) is 1. The summed E-state index contributed by atoms with van der Waals surface area (Å²) in [6.07, 6.45) is -0.557. The number of sulfonamides is 1. The first-order valence-electron chi connectivity index (χ1n) is 15.7. The van der Waals surface area contributed by atoms with Crippen molar-refractivity contribution in [3.05, 3.63) is 64.7 Å². The molecule has 2 unspecified atom stereocenters. The lowest BCUT2D eigenvalue weighted by molar-refractivity contribution is -0.0319. The van der Waals surface area contributed by atoms with Gasteiger partial charge in [0.25, 0.3) is 0 Å². The highest BCUT2D eigenvalue weighted by molar-refractivity contribution is 7.92. The summed E-state index contributed by atoms with van der Waals surface area (Å²) >= 11 is 0. The molecule has 3 heterocycles. The van der Waals surface area contributed by atoms with Gasteiger partial charge in [0.1, 0.15) is 29.2 Å². The highest BCUT2D eigenvalue weighted by Gasteiger charge is 2.47. The minimum Gasteiger partial charge on any atom is -0.491 e. The molecular formula is C32H40FN3O10S2. The second-order valence-electron chi connectivity index (χ2n) is 12.5. The number of aliphatic hydroxyl groups excluding tert-OH is 1. The molecule has 0 saturated carbocycles. The smallest absolute Gasteiger partial charge is 0.407 e. The van der Waals surface area contributed by atoms with E-state index in [0.717, 1.165) is 4.90 Å². The van der Waals surface area contributed by atoms with E-state index in [1.807, 2.05) is 0 Å². The number of aryl methyl sites for hydroxylation is 1. The van der Waals surface area contributed by atoms with Gasteiger partial charge in [-0.3, -0.25) is 4.79 Å². The Hall–Kier alpha value is -3.57. The van der Waals surface area contributed by atoms with Crippen LogP contribution in [0.1, 0.15) is 40.0 Å². The predicted molar refractivity (Wildman–Crippen MR) is 174 cm³/mol. The third-order valence-electron chi connectivity index (χ3n) is 9.09. The van der Waals surface area contributed by atoms with E-state index in [1.54, 1.807) is 26.8 Å². The van der Waals surface area contributed by atoms with E-state index in [-0.39, 0.29) is 80.2 Å². The van der Waals surface area contributed by atoms with Crippen molar-refractivity contribution in [2.45, 2.75) is 79.4 Å². The standard InChI is InChI=1S/C32H40FN3O10S2/c1-4-34-18-28(30(38)26-9-6-10-27(33)29(26)34)48(43,44)35-13-11-32(12-14-35)16-22(19-46-32)36(31(39)40)17-23(37)20-45-24-7-5-8-25(15-24)47(41,42)21(2)3/h5-10,15,18,21-23,37H,4,11-14,16-17,19-20H2,1-3H3,(H,39,40). The Morgan fingerprint density at radius 3 is 2.48 bits per heavy atom. The van der Waals surface area contributed by atoms with E-state index in [4.69, 9.17) is 9.47 Å². The minimum atomic E-state index is -4.24. The third kappa shape index (κ3) is 6.94. The zero-order valence-electron chi connectivity index (χ0n) is 26.9. The molecule has 0 bridgehead atoms. The van der Waals surface area contributed by atoms with Gasteiger partial charge in [-0.15, -0.1) is 0 Å². The Morgan fingerprint density at radius 2 is 1.83 bits per heavy atom. The molecule has 3 aromatic rings. The maximum atomic E-state index is 14.5. The van der Waals surface area contributed by atoms with Crippen molar-refractivity contribution in [1.82, 2.24) is 13.8 Å². The molecule has 5 rings (SSSR count). The number of nitrogens with zero attached hydrogens (tertiary/aromatic N) is 3. The molecule has 13 nitrogen and oxygen atoms in total. The number of piperidine rings is 1. The first kappa shape index (κ1) is 35.7. The van der Waals surface area contributed by atoms with Crippen LogP contribution < -0.4 is 10.2 Å². The van der Waals surface area contributed by atoms with Gasteiger partial charge in [-0.2, -0.15) is 4.31 Å². The van der Waals surface area contributed by atoms with Crippen molar-refractivity contribution in [2.75, 3.05) is 32.8 Å². The van der Waals surface area contributed by atoms with Gasteiger partial charge in [-0.25, -0.2) is 26.0 Å². The van der Waals surface area contributed by atoms with Crippen LogP contribution in [0.25, 0.3) is 10.9 Å². The van der Waals surface area contributed by atoms with Crippen LogP contribution in [0.2, 0.25) is 0 Å². The summed E-state index contributed by atoms with van der Waals surface area (Å²) in [6, 6.07) is 9.24. The molecule has 2 atom stereocenters. The van der Waals surface area contributed by atoms with Crippen LogP contribution in [0.4, 0.5) is 9.18 Å². The Bertz CT molecular complexity index is 1960. The van der Waals surface area contributed by atoms with Crippen LogP contribution in [-0.4, -0.2) is 103 Å². The number of sulfone groups is 1. The van der Waals surface area contributed by atoms with Crippen molar-refractivity contribution in [1.29, 1.82) is 0 Å². The largest absolute Gasteiger partial charge is 0.491 e. The van der Waals surface area contributed by atoms with Crippen molar-refractivity contribution >= 4 is 36.9 Å². The SMILES string of the molecule is CCn1cc(S(=O)(=O)N2CCC3(CC2)CC(N(CC(O)COc2cccc(S(=O)(=O)C(C)C)c2)C(=O)O)CO3)c(=O)c2cccc(F)c21. The van der Waals surface area contributed by atoms with Gasteiger partial charge >= 0.3 is 6.09 Å². The number of para-hydroxylation sites is 1. The van der Waals surface area contributed by atoms with Gasteiger partial charge in [0.05, 0.1) is 45.8 Å². The second-order valence-corrected chi connectivity index (χ2v) is 16.9. The first-order valence-corrected chi connectivity index (χ1v) is 18.7. The minimum absolute atomic E-state index is 0.0247. The van der Waals surface area contributed by atoms with Crippen LogP contribution in [0.3, 0.4) is 0 Å². The highest BCUT2D eigenvalue weighted by atomic mass is 32.2. The maximum Gasteiger partial charge on any atom is 0.407 e. The lowest BCUT2D eigenvalue weighted by atomic mass is 9.88. The molecule has 48 heavy (non-hydrogen) atoms. The van der Waals surface area contributed by atoms with Gasteiger partial charge in [0, 0.05) is 25.8 Å². The molecule has 16 heteroatoms. The average Bonchev–Trinajstić information content (AvgIpc) is 3.45. The van der Waals surface area contributed by atoms with E-state index >= 15 is 0 Å². The normalized spacial score (nSPS) is 19.2. The zero-order chi connectivity index (χ0) is 35.0. The fourth-order valence-electron chi connectivity index (χ4n) is 6.33. The number of halogens is 1. The van der Waals surface area contributed by atoms with Gasteiger partial charge in [-0.05, 0) is 70.4 Å². The number of pyridine rings is 1. The predicted octanol–water partition coefficient (Wildman–Crippen LogP) is 3.07. The molecule has 2 aliphatic rings. The van der Waals surface area contributed by atoms with E-state index in [0.29, 0.717) is 0 Å². The number of ether oxygens (including phenoxy) is 2. The number of hydrogen-bond acceptors (Lipinski definition) is 9. The van der Waals surface area contributed by atoms with Crippen LogP contribution in [0.5, 0.6) is 5.75 Å². The molecule has 0 aliphatic carbocycles. The first-order chi connectivity index (χ1) is 22.6. The van der Waals surface area contributed by atoms with Crippen LogP contribution >= 0.6 is 0 Å². The molecule has 1 aromatic heterocycles. The van der Waals surface area contributed by atoms with E-state index < -0.39 is 65.1 Å². The monoisotopic (exact) mass is 709 g/mol. The summed E-state index contributed by atoms with van der Waals surface area (Å²) in [5, 5.41) is 20.0. The summed E-state index contributed by atoms with van der Waals surface area (Å²) in [4.78, 5) is 26.2. The Kier molecular flexibility index (Phi) is 10.2. The summed E-state index contributed by atoms with van der Waals surface area (Å²) in [5.74, 6) is -0.407. The van der Waals surface area contributed by atoms with Crippen molar-refractivity contribution in [2.24, 2.45) is 0 Å². The molecule has 0 radical (unpaired) electrons. The fraction of sp³-hybridized carbons (Fsp3) is 0.500. The number of aromatic nitrogens is 1. The van der Waals surface area contributed by atoms with Gasteiger partial charge in [0.15, 0.2) is 9.84 Å². The van der Waals surface area contributed by atoms with E-state index in [1.165, 1.54) is 51.5 Å². The molecular weight excluding hydrogens is 669 g/mol. The van der Waals surface area contributed by atoms with Crippen LogP contribution in [0, 0.1) is 5.82 Å². The van der Waals surface area contributed by atoms with Crippen molar-refractivity contribution < 1.29 is 45.7 Å². The summed E-state index contributed by atoms with van der Waals surface area (Å²) in [5.41, 5.74) is -1.54. The molecule has 2 saturated heterocycles. The molecule has 2 aromatic carbocycles. The summed E-state index contributed by atoms with van der Waals surface area (Å²) in [6.45, 7) is 4.60. The van der Waals surface area contributed by atoms with Gasteiger partial charge in [0.2, 0.25) is 15.5 Å². The van der Waals surface area contributed by atoms with Crippen LogP contribution in [-0.2, 0) is 31.1 Å². The highest BCUT2D eigenvalue weighted by Crippen LogP contribution is 2.39. The Morgan fingerprint density at radius 1 is 1.15 bits per heavy atom. The molecule has 1 amide bonds. The van der Waals surface area contributed by atoms with E-state index in [9.17, 15) is 41.0 Å². The molecule has 2 fully saturated rings. The lowest BCUT2D eigenvalue weighted by Crippen LogP contribution is -2.49. The van der Waals surface area contributed by atoms with E-state index in [2.05, 4.69) is 0 Å². The molecule has 262 valence electrons. The molecule has 2 aliphatic heterocycles. The summed E-state index contributed by atoms with van der Waals surface area (Å²) < 4.78 is 81.2. The Labute approximate surface area is 278 Å². The van der Waals surface area contributed by atoms with Gasteiger partial charge in [-0.1, -0.05) is 12.1 Å². The number of amides is 1. The quantitative estimate of drug-likeness (QED) is 0.301. The maximum absolute atomic E-state index is 14.5. The zero-order valence-corrected chi connectivity index (χ0v) is 28.5. The third-order valence-corrected chi connectivity index (χ3v) is 13.1. The number of carbonyl (C=O) groups is 1. The second kappa shape index (κ2) is 13.7. The van der Waals surface area contributed by atoms with Gasteiger partial charge < -0.3 is 29.2 Å². The number of rotatable bonds is 11. The van der Waals surface area contributed by atoms with Crippen molar-refractivity contribution in [3.8, 4) is 5.75 Å². The topological polar surface area (TPSA) is 173 Å². The van der Waals surface area contributed by atoms with Crippen molar-refractivity contribution in [3.63, 3.8) is 0 Å². The average molecular weight is 710 g/mol. The molecule has 2 N–H and O–H groups in total. The summed E-state index contributed by atoms with van der Waals surface area (Å²) in [7, 11) is -7.78. The number of benzene rings is 2. The molecule has 1 spiro atoms. The lowest BCUT2D eigenvalue weighted by Gasteiger charge is -2.38. The van der Waals surface area contributed by atoms with Crippen LogP contribution in [0.15, 0.2) is 63.2 Å². The Balaban J connectivity index is 1.22.